The number of ether oxygens (including phenoxy) is 1. The van der Waals surface area contributed by atoms with Gasteiger partial charge in [-0.2, -0.15) is 0 Å². The maximum absolute atomic E-state index is 12.0. The molecule has 4 nitrogen and oxygen atoms in total. The lowest BCUT2D eigenvalue weighted by molar-refractivity contribution is -0.138. The van der Waals surface area contributed by atoms with Crippen LogP contribution in [0.1, 0.15) is 59.8 Å². The fraction of sp³-hybridized carbons (Fsp3) is 0.938. The monoisotopic (exact) mass is 282 g/mol. The highest BCUT2D eigenvalue weighted by Gasteiger charge is 2.56. The Bertz CT molecular complexity index is 337. The van der Waals surface area contributed by atoms with E-state index in [4.69, 9.17) is 4.74 Å². The van der Waals surface area contributed by atoms with Crippen molar-refractivity contribution >= 4 is 5.91 Å². The first-order valence-electron chi connectivity index (χ1n) is 8.17. The summed E-state index contributed by atoms with van der Waals surface area (Å²) in [5.41, 5.74) is 0.294. The van der Waals surface area contributed by atoms with Crippen molar-refractivity contribution in [3.8, 4) is 0 Å². The van der Waals surface area contributed by atoms with Crippen molar-refractivity contribution in [3.05, 3.63) is 0 Å². The zero-order valence-corrected chi connectivity index (χ0v) is 13.4. The second-order valence-corrected chi connectivity index (χ2v) is 6.72. The molecule has 2 rings (SSSR count). The van der Waals surface area contributed by atoms with E-state index in [9.17, 15) is 4.79 Å². The second-order valence-electron chi connectivity index (χ2n) is 6.72. The topological polar surface area (TPSA) is 50.4 Å². The van der Waals surface area contributed by atoms with Crippen LogP contribution in [0.5, 0.6) is 0 Å². The van der Waals surface area contributed by atoms with Crippen LogP contribution < -0.4 is 10.6 Å². The fourth-order valence-corrected chi connectivity index (χ4v) is 3.91. The number of rotatable bonds is 6. The van der Waals surface area contributed by atoms with Crippen LogP contribution in [0.3, 0.4) is 0 Å². The van der Waals surface area contributed by atoms with Crippen LogP contribution >= 0.6 is 0 Å². The van der Waals surface area contributed by atoms with Crippen LogP contribution in [0, 0.1) is 5.41 Å². The molecule has 2 aliphatic carbocycles. The molecule has 3 atom stereocenters. The van der Waals surface area contributed by atoms with Crippen molar-refractivity contribution in [2.75, 3.05) is 6.61 Å². The van der Waals surface area contributed by atoms with Crippen molar-refractivity contribution in [2.45, 2.75) is 84.0 Å². The molecule has 20 heavy (non-hydrogen) atoms. The summed E-state index contributed by atoms with van der Waals surface area (Å²) < 4.78 is 5.91. The van der Waals surface area contributed by atoms with Crippen molar-refractivity contribution in [1.29, 1.82) is 0 Å². The van der Waals surface area contributed by atoms with E-state index in [0.29, 0.717) is 17.6 Å². The number of carbonyl (C=O) groups excluding carboxylic acids is 1. The predicted molar refractivity (Wildman–Crippen MR) is 80.6 cm³/mol. The highest BCUT2D eigenvalue weighted by atomic mass is 16.5. The zero-order chi connectivity index (χ0) is 14.8. The van der Waals surface area contributed by atoms with Gasteiger partial charge >= 0.3 is 0 Å². The molecule has 2 saturated carbocycles. The molecule has 0 radical (unpaired) electrons. The normalized spacial score (nSPS) is 29.4. The summed E-state index contributed by atoms with van der Waals surface area (Å²) in [6, 6.07) is 0.515. The predicted octanol–water partition coefficient (Wildman–Crippen LogP) is 2.23. The summed E-state index contributed by atoms with van der Waals surface area (Å²) in [5.74, 6) is 0.105. The molecule has 0 aromatic carbocycles. The third kappa shape index (κ3) is 3.01. The summed E-state index contributed by atoms with van der Waals surface area (Å²) in [6.07, 6.45) is 6.53. The molecule has 2 fully saturated rings. The minimum atomic E-state index is -0.123. The molecule has 3 unspecified atom stereocenters. The molecule has 1 spiro atoms. The van der Waals surface area contributed by atoms with Crippen LogP contribution in [-0.4, -0.2) is 36.7 Å². The summed E-state index contributed by atoms with van der Waals surface area (Å²) in [7, 11) is 0. The minimum absolute atomic E-state index is 0.105. The van der Waals surface area contributed by atoms with Gasteiger partial charge in [-0.1, -0.05) is 12.8 Å². The van der Waals surface area contributed by atoms with Crippen LogP contribution in [0.15, 0.2) is 0 Å². The molecule has 0 aromatic heterocycles. The minimum Gasteiger partial charge on any atom is -0.378 e. The Kier molecular flexibility index (Phi) is 5.08. The van der Waals surface area contributed by atoms with Gasteiger partial charge in [0.15, 0.2) is 0 Å². The fourth-order valence-electron chi connectivity index (χ4n) is 3.91. The SMILES string of the molecule is CCOC1CC(NC(C)C(=O)NC(C)C)C12CCCC2. The maximum Gasteiger partial charge on any atom is 0.237 e. The Labute approximate surface area is 123 Å². The number of carbonyl (C=O) groups is 1. The van der Waals surface area contributed by atoms with Crippen molar-refractivity contribution in [2.24, 2.45) is 5.41 Å². The molecule has 2 aliphatic rings. The maximum atomic E-state index is 12.0. The average molecular weight is 282 g/mol. The molecule has 1 amide bonds. The van der Waals surface area contributed by atoms with E-state index in [2.05, 4.69) is 17.6 Å². The quantitative estimate of drug-likeness (QED) is 0.785. The Hall–Kier alpha value is -0.610. The Balaban J connectivity index is 1.91. The van der Waals surface area contributed by atoms with Gasteiger partial charge in [-0.15, -0.1) is 0 Å². The number of nitrogens with one attached hydrogen (secondary N) is 2. The lowest BCUT2D eigenvalue weighted by Crippen LogP contribution is -2.65. The third-order valence-corrected chi connectivity index (χ3v) is 4.96. The molecule has 0 aromatic rings. The number of hydrogen-bond acceptors (Lipinski definition) is 3. The summed E-state index contributed by atoms with van der Waals surface area (Å²) in [6.45, 7) is 8.83. The Morgan fingerprint density at radius 1 is 1.30 bits per heavy atom. The van der Waals surface area contributed by atoms with Gasteiger partial charge in [-0.25, -0.2) is 0 Å². The summed E-state index contributed by atoms with van der Waals surface area (Å²) in [5, 5.41) is 6.53. The largest absolute Gasteiger partial charge is 0.378 e. The highest BCUT2D eigenvalue weighted by Crippen LogP contribution is 2.54. The van der Waals surface area contributed by atoms with Gasteiger partial charge in [0.05, 0.1) is 12.1 Å². The number of hydrogen-bond donors (Lipinski definition) is 2. The number of amides is 1. The lowest BCUT2D eigenvalue weighted by atomic mass is 9.60. The third-order valence-electron chi connectivity index (χ3n) is 4.96. The van der Waals surface area contributed by atoms with Gasteiger partial charge in [-0.05, 0) is 47.0 Å². The Morgan fingerprint density at radius 3 is 2.50 bits per heavy atom. The first-order valence-corrected chi connectivity index (χ1v) is 8.17. The van der Waals surface area contributed by atoms with Gasteiger partial charge in [0.1, 0.15) is 0 Å². The Morgan fingerprint density at radius 2 is 1.95 bits per heavy atom. The highest BCUT2D eigenvalue weighted by molar-refractivity contribution is 5.81. The molecule has 116 valence electrons. The molecule has 2 N–H and O–H groups in total. The van der Waals surface area contributed by atoms with Gasteiger partial charge in [-0.3, -0.25) is 4.79 Å². The molecular weight excluding hydrogens is 252 g/mol. The molecule has 4 heteroatoms. The molecular formula is C16H30N2O2. The first kappa shape index (κ1) is 15.8. The molecule has 0 aliphatic heterocycles. The van der Waals surface area contributed by atoms with Crippen LogP contribution in [0.4, 0.5) is 0 Å². The first-order chi connectivity index (χ1) is 9.49. The van der Waals surface area contributed by atoms with E-state index in [1.165, 1.54) is 25.7 Å². The van der Waals surface area contributed by atoms with Gasteiger partial charge in [0.25, 0.3) is 0 Å². The van der Waals surface area contributed by atoms with Crippen molar-refractivity contribution in [3.63, 3.8) is 0 Å². The smallest absolute Gasteiger partial charge is 0.237 e. The standard InChI is InChI=1S/C16H30N2O2/c1-5-20-14-10-13(16(14)8-6-7-9-16)18-12(4)15(19)17-11(2)3/h11-14,18H,5-10H2,1-4H3,(H,17,19). The van der Waals surface area contributed by atoms with E-state index in [-0.39, 0.29) is 18.0 Å². The van der Waals surface area contributed by atoms with E-state index < -0.39 is 0 Å². The van der Waals surface area contributed by atoms with Crippen molar-refractivity contribution in [1.82, 2.24) is 10.6 Å². The second kappa shape index (κ2) is 6.44. The van der Waals surface area contributed by atoms with E-state index in [1.54, 1.807) is 0 Å². The molecule has 0 saturated heterocycles. The van der Waals surface area contributed by atoms with Crippen molar-refractivity contribution < 1.29 is 9.53 Å². The van der Waals surface area contributed by atoms with E-state index in [0.717, 1.165) is 13.0 Å². The average Bonchev–Trinajstić information content (AvgIpc) is 2.88. The summed E-state index contributed by atoms with van der Waals surface area (Å²) in [4.78, 5) is 12.0. The van der Waals surface area contributed by atoms with E-state index in [1.807, 2.05) is 20.8 Å². The molecule has 0 bridgehead atoms. The van der Waals surface area contributed by atoms with Crippen LogP contribution in [-0.2, 0) is 9.53 Å². The summed E-state index contributed by atoms with van der Waals surface area (Å²) >= 11 is 0. The van der Waals surface area contributed by atoms with Gasteiger partial charge < -0.3 is 15.4 Å². The zero-order valence-electron chi connectivity index (χ0n) is 13.4. The van der Waals surface area contributed by atoms with Gasteiger partial charge in [0.2, 0.25) is 5.91 Å². The van der Waals surface area contributed by atoms with Crippen LogP contribution in [0.2, 0.25) is 0 Å². The van der Waals surface area contributed by atoms with E-state index >= 15 is 0 Å². The van der Waals surface area contributed by atoms with Crippen LogP contribution in [0.25, 0.3) is 0 Å². The van der Waals surface area contributed by atoms with Gasteiger partial charge in [0, 0.05) is 24.1 Å². The lowest BCUT2D eigenvalue weighted by Gasteiger charge is -2.55. The molecule has 0 heterocycles.